The minimum Gasteiger partial charge on any atom is -0.495 e. The van der Waals surface area contributed by atoms with Crippen LogP contribution in [0.5, 0.6) is 5.75 Å². The molecule has 7 heteroatoms. The molecular formula is C17H14BrN5O. The predicted molar refractivity (Wildman–Crippen MR) is 97.2 cm³/mol. The first-order valence-electron chi connectivity index (χ1n) is 7.40. The third-order valence-corrected chi connectivity index (χ3v) is 4.50. The Bertz CT molecular complexity index is 1030. The highest BCUT2D eigenvalue weighted by molar-refractivity contribution is 9.10. The van der Waals surface area contributed by atoms with Crippen molar-refractivity contribution >= 4 is 43.6 Å². The van der Waals surface area contributed by atoms with Crippen LogP contribution in [0.15, 0.2) is 47.1 Å². The molecule has 2 N–H and O–H groups in total. The summed E-state index contributed by atoms with van der Waals surface area (Å²) in [6, 6.07) is 11.9. The maximum absolute atomic E-state index is 5.33. The molecule has 0 bridgehead atoms. The van der Waals surface area contributed by atoms with Crippen LogP contribution in [0.2, 0.25) is 0 Å². The molecule has 0 aliphatic rings. The molecule has 0 fully saturated rings. The molecular weight excluding hydrogens is 370 g/mol. The van der Waals surface area contributed by atoms with E-state index in [1.165, 1.54) is 0 Å². The smallest absolute Gasteiger partial charge is 0.135 e. The Labute approximate surface area is 146 Å². The van der Waals surface area contributed by atoms with Crippen molar-refractivity contribution in [2.24, 2.45) is 0 Å². The van der Waals surface area contributed by atoms with Crippen LogP contribution in [0.3, 0.4) is 0 Å². The van der Waals surface area contributed by atoms with E-state index in [2.05, 4.69) is 41.6 Å². The summed E-state index contributed by atoms with van der Waals surface area (Å²) in [7, 11) is 1.65. The molecule has 24 heavy (non-hydrogen) atoms. The third-order valence-electron chi connectivity index (χ3n) is 3.88. The molecule has 0 atom stereocenters. The van der Waals surface area contributed by atoms with Gasteiger partial charge in [0.2, 0.25) is 0 Å². The summed E-state index contributed by atoms with van der Waals surface area (Å²) in [6.45, 7) is 0.686. The van der Waals surface area contributed by atoms with Crippen LogP contribution in [0, 0.1) is 0 Å². The zero-order chi connectivity index (χ0) is 16.5. The lowest BCUT2D eigenvalue weighted by Crippen LogP contribution is -2.00. The number of halogens is 1. The number of hydrogen-bond acceptors (Lipinski definition) is 5. The molecule has 2 aromatic carbocycles. The number of H-pyrrole nitrogens is 1. The normalized spacial score (nSPS) is 11.1. The average molecular weight is 384 g/mol. The van der Waals surface area contributed by atoms with E-state index >= 15 is 0 Å². The number of anilines is 1. The Morgan fingerprint density at radius 3 is 2.83 bits per heavy atom. The van der Waals surface area contributed by atoms with Gasteiger partial charge in [-0.3, -0.25) is 4.98 Å². The van der Waals surface area contributed by atoms with E-state index < -0.39 is 0 Å². The zero-order valence-electron chi connectivity index (χ0n) is 12.9. The number of rotatable bonds is 4. The lowest BCUT2D eigenvalue weighted by atomic mass is 10.1. The number of hydrogen-bond donors (Lipinski definition) is 2. The summed E-state index contributed by atoms with van der Waals surface area (Å²) < 4.78 is 6.23. The van der Waals surface area contributed by atoms with Gasteiger partial charge in [-0.15, -0.1) is 0 Å². The van der Waals surface area contributed by atoms with Crippen molar-refractivity contribution in [3.8, 4) is 5.75 Å². The highest BCUT2D eigenvalue weighted by Crippen LogP contribution is 2.32. The first-order chi connectivity index (χ1) is 11.7. The van der Waals surface area contributed by atoms with Gasteiger partial charge in [-0.05, 0) is 45.8 Å². The molecule has 2 aromatic heterocycles. The molecule has 2 heterocycles. The van der Waals surface area contributed by atoms with Gasteiger partial charge in [0, 0.05) is 29.9 Å². The summed E-state index contributed by atoms with van der Waals surface area (Å²) in [5, 5.41) is 15.3. The molecule has 0 aliphatic carbocycles. The van der Waals surface area contributed by atoms with Crippen LogP contribution in [-0.4, -0.2) is 27.5 Å². The molecule has 0 amide bonds. The van der Waals surface area contributed by atoms with E-state index in [-0.39, 0.29) is 0 Å². The summed E-state index contributed by atoms with van der Waals surface area (Å²) in [5.41, 5.74) is 4.76. The SMILES string of the molecule is COc1cc2nccc(NCc3ccc4n[nH]nc4c3)c2cc1Br. The van der Waals surface area contributed by atoms with Gasteiger partial charge in [0.25, 0.3) is 0 Å². The largest absolute Gasteiger partial charge is 0.495 e. The quantitative estimate of drug-likeness (QED) is 0.558. The van der Waals surface area contributed by atoms with E-state index in [1.807, 2.05) is 36.4 Å². The molecule has 4 aromatic rings. The van der Waals surface area contributed by atoms with Crippen LogP contribution in [-0.2, 0) is 6.54 Å². The highest BCUT2D eigenvalue weighted by Gasteiger charge is 2.08. The van der Waals surface area contributed by atoms with Crippen LogP contribution in [0.4, 0.5) is 5.69 Å². The summed E-state index contributed by atoms with van der Waals surface area (Å²) in [6.07, 6.45) is 1.79. The number of fused-ring (bicyclic) bond motifs is 2. The highest BCUT2D eigenvalue weighted by atomic mass is 79.9. The fraction of sp³-hybridized carbons (Fsp3) is 0.118. The van der Waals surface area contributed by atoms with Gasteiger partial charge in [-0.1, -0.05) is 6.07 Å². The predicted octanol–water partition coefficient (Wildman–Crippen LogP) is 3.89. The first-order valence-corrected chi connectivity index (χ1v) is 8.19. The van der Waals surface area contributed by atoms with Crippen molar-refractivity contribution in [1.82, 2.24) is 20.4 Å². The van der Waals surface area contributed by atoms with Gasteiger partial charge in [0.15, 0.2) is 0 Å². The summed E-state index contributed by atoms with van der Waals surface area (Å²) in [5.74, 6) is 0.767. The maximum atomic E-state index is 5.33. The van der Waals surface area contributed by atoms with Gasteiger partial charge >= 0.3 is 0 Å². The minimum absolute atomic E-state index is 0.686. The second kappa shape index (κ2) is 6.09. The lowest BCUT2D eigenvalue weighted by molar-refractivity contribution is 0.412. The standard InChI is InChI=1S/C17H14BrN5O/c1-24-17-8-15-11(7-12(17)18)13(4-5-19-15)20-9-10-2-3-14-16(6-10)22-23-21-14/h2-8H,9H2,1H3,(H,19,20)(H,21,22,23). The minimum atomic E-state index is 0.686. The van der Waals surface area contributed by atoms with Crippen molar-refractivity contribution in [3.63, 3.8) is 0 Å². The number of benzene rings is 2. The molecule has 0 saturated carbocycles. The lowest BCUT2D eigenvalue weighted by Gasteiger charge is -2.11. The number of nitrogens with one attached hydrogen (secondary N) is 2. The molecule has 0 unspecified atom stereocenters. The van der Waals surface area contributed by atoms with Gasteiger partial charge in [0.05, 0.1) is 17.1 Å². The monoisotopic (exact) mass is 383 g/mol. The summed E-state index contributed by atoms with van der Waals surface area (Å²) in [4.78, 5) is 4.42. The van der Waals surface area contributed by atoms with Crippen LogP contribution >= 0.6 is 15.9 Å². The Kier molecular flexibility index (Phi) is 3.78. The topological polar surface area (TPSA) is 75.7 Å². The Morgan fingerprint density at radius 2 is 1.96 bits per heavy atom. The van der Waals surface area contributed by atoms with Crippen molar-refractivity contribution in [3.05, 3.63) is 52.6 Å². The number of pyridine rings is 1. The maximum Gasteiger partial charge on any atom is 0.135 e. The fourth-order valence-electron chi connectivity index (χ4n) is 2.65. The van der Waals surface area contributed by atoms with Crippen LogP contribution < -0.4 is 10.1 Å². The van der Waals surface area contributed by atoms with Gasteiger partial charge < -0.3 is 10.1 Å². The van der Waals surface area contributed by atoms with E-state index in [9.17, 15) is 0 Å². The van der Waals surface area contributed by atoms with E-state index in [0.29, 0.717) is 6.54 Å². The molecule has 0 radical (unpaired) electrons. The average Bonchev–Trinajstić information content (AvgIpc) is 3.07. The van der Waals surface area contributed by atoms with Crippen molar-refractivity contribution in [1.29, 1.82) is 0 Å². The van der Waals surface area contributed by atoms with E-state index in [1.54, 1.807) is 13.3 Å². The van der Waals surface area contributed by atoms with Gasteiger partial charge in [-0.2, -0.15) is 15.4 Å². The first kappa shape index (κ1) is 14.9. The molecule has 0 aliphatic heterocycles. The second-order valence-electron chi connectivity index (χ2n) is 5.36. The fourth-order valence-corrected chi connectivity index (χ4v) is 3.16. The zero-order valence-corrected chi connectivity index (χ0v) is 14.5. The molecule has 0 spiro atoms. The molecule has 6 nitrogen and oxygen atoms in total. The van der Waals surface area contributed by atoms with E-state index in [4.69, 9.17) is 4.74 Å². The van der Waals surface area contributed by atoms with Crippen LogP contribution in [0.25, 0.3) is 21.9 Å². The number of nitrogens with zero attached hydrogens (tertiary/aromatic N) is 3. The van der Waals surface area contributed by atoms with Crippen molar-refractivity contribution < 1.29 is 4.74 Å². The number of aromatic amines is 1. The second-order valence-corrected chi connectivity index (χ2v) is 6.22. The Morgan fingerprint density at radius 1 is 1.08 bits per heavy atom. The molecule has 120 valence electrons. The third kappa shape index (κ3) is 2.67. The number of ether oxygens (including phenoxy) is 1. The van der Waals surface area contributed by atoms with E-state index in [0.717, 1.165) is 43.4 Å². The Balaban J connectivity index is 1.65. The van der Waals surface area contributed by atoms with Crippen molar-refractivity contribution in [2.75, 3.05) is 12.4 Å². The molecule has 0 saturated heterocycles. The molecule has 4 rings (SSSR count). The van der Waals surface area contributed by atoms with Gasteiger partial charge in [0.1, 0.15) is 16.8 Å². The van der Waals surface area contributed by atoms with Gasteiger partial charge in [-0.25, -0.2) is 0 Å². The van der Waals surface area contributed by atoms with Crippen molar-refractivity contribution in [2.45, 2.75) is 6.54 Å². The number of methoxy groups -OCH3 is 1. The van der Waals surface area contributed by atoms with Crippen LogP contribution in [0.1, 0.15) is 5.56 Å². The summed E-state index contributed by atoms with van der Waals surface area (Å²) >= 11 is 3.53. The Hall–Kier alpha value is -2.67. The number of aromatic nitrogens is 4.